The smallest absolute Gasteiger partial charge is 0.311 e. The molecule has 0 aromatic carbocycles. The molecule has 18 heavy (non-hydrogen) atoms. The quantitative estimate of drug-likeness (QED) is 0.631. The van der Waals surface area contributed by atoms with Gasteiger partial charge in [0.15, 0.2) is 5.16 Å². The van der Waals surface area contributed by atoms with Crippen LogP contribution in [0.15, 0.2) is 16.0 Å². The third-order valence-corrected chi connectivity index (χ3v) is 2.76. The average molecular weight is 268 g/mol. The molecule has 96 valence electrons. The second-order valence-electron chi connectivity index (χ2n) is 3.44. The second-order valence-corrected chi connectivity index (χ2v) is 4.23. The number of thioether (sulfide) groups is 1. The zero-order valence-corrected chi connectivity index (χ0v) is 10.8. The third kappa shape index (κ3) is 2.53. The van der Waals surface area contributed by atoms with Crippen molar-refractivity contribution in [3.8, 4) is 0 Å². The Morgan fingerprint density at radius 2 is 2.33 bits per heavy atom. The number of aromatic nitrogens is 4. The van der Waals surface area contributed by atoms with E-state index in [1.807, 2.05) is 6.26 Å². The van der Waals surface area contributed by atoms with E-state index in [1.54, 1.807) is 6.92 Å². The predicted molar refractivity (Wildman–Crippen MR) is 65.7 cm³/mol. The van der Waals surface area contributed by atoms with Crippen LogP contribution in [0.25, 0.3) is 5.78 Å². The summed E-state index contributed by atoms with van der Waals surface area (Å²) in [5.74, 6) is -0.152. The molecule has 2 aromatic heterocycles. The van der Waals surface area contributed by atoms with Crippen LogP contribution in [0, 0.1) is 0 Å². The van der Waals surface area contributed by atoms with Crippen molar-refractivity contribution >= 4 is 23.5 Å². The van der Waals surface area contributed by atoms with Crippen molar-refractivity contribution in [3.63, 3.8) is 0 Å². The molecular weight excluding hydrogens is 256 g/mol. The number of rotatable bonds is 4. The van der Waals surface area contributed by atoms with Gasteiger partial charge in [0.2, 0.25) is 0 Å². The van der Waals surface area contributed by atoms with Crippen molar-refractivity contribution in [2.75, 3.05) is 12.9 Å². The molecule has 0 aliphatic rings. The lowest BCUT2D eigenvalue weighted by Crippen LogP contribution is -2.18. The molecule has 8 heteroatoms. The molecule has 0 unspecified atom stereocenters. The molecule has 0 bridgehead atoms. The molecule has 0 saturated heterocycles. The largest absolute Gasteiger partial charge is 0.466 e. The van der Waals surface area contributed by atoms with Gasteiger partial charge < -0.3 is 4.74 Å². The van der Waals surface area contributed by atoms with Crippen LogP contribution >= 0.6 is 11.8 Å². The molecule has 0 aliphatic heterocycles. The lowest BCUT2D eigenvalue weighted by molar-refractivity contribution is -0.142. The maximum Gasteiger partial charge on any atom is 0.311 e. The number of H-pyrrole nitrogens is 1. The number of esters is 1. The van der Waals surface area contributed by atoms with Crippen LogP contribution in [0.1, 0.15) is 12.6 Å². The fraction of sp³-hybridized carbons (Fsp3) is 0.400. The van der Waals surface area contributed by atoms with Crippen molar-refractivity contribution in [1.29, 1.82) is 0 Å². The van der Waals surface area contributed by atoms with Crippen molar-refractivity contribution in [1.82, 2.24) is 19.6 Å². The summed E-state index contributed by atoms with van der Waals surface area (Å²) in [6.45, 7) is 2.03. The first-order chi connectivity index (χ1) is 8.63. The minimum Gasteiger partial charge on any atom is -0.466 e. The van der Waals surface area contributed by atoms with Gasteiger partial charge in [0.25, 0.3) is 11.3 Å². The van der Waals surface area contributed by atoms with Crippen LogP contribution in [0.4, 0.5) is 0 Å². The van der Waals surface area contributed by atoms with Crippen LogP contribution in [0.2, 0.25) is 0 Å². The summed E-state index contributed by atoms with van der Waals surface area (Å²) >= 11 is 1.37. The molecule has 0 saturated carbocycles. The summed E-state index contributed by atoms with van der Waals surface area (Å²) in [5.41, 5.74) is 0.0599. The molecule has 0 aliphatic carbocycles. The van der Waals surface area contributed by atoms with Crippen LogP contribution in [0.5, 0.6) is 0 Å². The molecule has 7 nitrogen and oxygen atoms in total. The highest BCUT2D eigenvalue weighted by molar-refractivity contribution is 7.98. The van der Waals surface area contributed by atoms with E-state index in [-0.39, 0.29) is 17.8 Å². The van der Waals surface area contributed by atoms with E-state index < -0.39 is 5.97 Å². The Kier molecular flexibility index (Phi) is 3.66. The van der Waals surface area contributed by atoms with Gasteiger partial charge in [-0.1, -0.05) is 11.8 Å². The number of fused-ring (bicyclic) bond motifs is 1. The maximum absolute atomic E-state index is 11.8. The number of hydrogen-bond donors (Lipinski definition) is 1. The summed E-state index contributed by atoms with van der Waals surface area (Å²) < 4.78 is 6.04. The van der Waals surface area contributed by atoms with Gasteiger partial charge in [0.05, 0.1) is 18.7 Å². The summed E-state index contributed by atoms with van der Waals surface area (Å²) in [6, 6.07) is 1.30. The summed E-state index contributed by atoms with van der Waals surface area (Å²) in [4.78, 5) is 31.3. The summed E-state index contributed by atoms with van der Waals surface area (Å²) in [5, 5.41) is 3.39. The number of ether oxygens (including phenoxy) is 1. The van der Waals surface area contributed by atoms with Crippen LogP contribution in [0.3, 0.4) is 0 Å². The highest BCUT2D eigenvalue weighted by atomic mass is 32.2. The number of nitrogens with zero attached hydrogens (tertiary/aromatic N) is 3. The van der Waals surface area contributed by atoms with E-state index in [2.05, 4.69) is 15.1 Å². The Labute approximate surface area is 107 Å². The molecule has 2 heterocycles. The maximum atomic E-state index is 11.8. The Balaban J connectivity index is 2.36. The van der Waals surface area contributed by atoms with Gasteiger partial charge in [0, 0.05) is 6.07 Å². The first-order valence-corrected chi connectivity index (χ1v) is 6.54. The monoisotopic (exact) mass is 268 g/mol. The van der Waals surface area contributed by atoms with Gasteiger partial charge in [-0.05, 0) is 13.2 Å². The topological polar surface area (TPSA) is 89.4 Å². The van der Waals surface area contributed by atoms with Crippen LogP contribution < -0.4 is 5.56 Å². The van der Waals surface area contributed by atoms with Gasteiger partial charge in [-0.3, -0.25) is 14.7 Å². The number of hydrogen-bond acceptors (Lipinski definition) is 6. The van der Waals surface area contributed by atoms with Crippen LogP contribution in [-0.2, 0) is 16.0 Å². The third-order valence-electron chi connectivity index (χ3n) is 2.19. The molecule has 0 amide bonds. The summed E-state index contributed by atoms with van der Waals surface area (Å²) in [7, 11) is 0. The van der Waals surface area contributed by atoms with Crippen LogP contribution in [-0.4, -0.2) is 38.4 Å². The first-order valence-electron chi connectivity index (χ1n) is 5.32. The molecule has 2 aromatic rings. The molecule has 0 spiro atoms. The summed E-state index contributed by atoms with van der Waals surface area (Å²) in [6.07, 6.45) is 1.81. The minimum atomic E-state index is -0.408. The van der Waals surface area contributed by atoms with Crippen molar-refractivity contribution in [2.45, 2.75) is 18.5 Å². The average Bonchev–Trinajstić information content (AvgIpc) is 2.72. The minimum absolute atomic E-state index is 0.0267. The van der Waals surface area contributed by atoms with Gasteiger partial charge in [0.1, 0.15) is 0 Å². The fourth-order valence-electron chi connectivity index (χ4n) is 1.45. The lowest BCUT2D eigenvalue weighted by Gasteiger charge is -2.00. The molecule has 0 radical (unpaired) electrons. The number of carbonyl (C=O) groups excluding carboxylic acids is 1. The highest BCUT2D eigenvalue weighted by Gasteiger charge is 2.10. The predicted octanol–water partition coefficient (Wildman–Crippen LogP) is 0.245. The SMILES string of the molecule is CCOC(=O)Cc1cc(=O)n2[nH]c(SC)nc2n1. The number of nitrogens with one attached hydrogen (secondary N) is 1. The normalized spacial score (nSPS) is 10.8. The fourth-order valence-corrected chi connectivity index (χ4v) is 1.81. The molecule has 0 fully saturated rings. The van der Waals surface area contributed by atoms with E-state index in [0.717, 1.165) is 0 Å². The highest BCUT2D eigenvalue weighted by Crippen LogP contribution is 2.08. The van der Waals surface area contributed by atoms with Crippen molar-refractivity contribution in [3.05, 3.63) is 22.1 Å². The standard InChI is InChI=1S/C10H12N4O3S/c1-3-17-8(16)5-6-4-7(15)14-9(11-6)12-10(13-14)18-2/h4H,3,5H2,1-2H3,(H,11,12,13). The molecule has 1 N–H and O–H groups in total. The van der Waals surface area contributed by atoms with Crippen molar-refractivity contribution in [2.24, 2.45) is 0 Å². The second kappa shape index (κ2) is 5.21. The Morgan fingerprint density at radius 3 is 3.00 bits per heavy atom. The number of carbonyl (C=O) groups is 1. The lowest BCUT2D eigenvalue weighted by atomic mass is 10.3. The van der Waals surface area contributed by atoms with Gasteiger partial charge >= 0.3 is 5.97 Å². The Morgan fingerprint density at radius 1 is 1.56 bits per heavy atom. The first kappa shape index (κ1) is 12.6. The number of aromatic amines is 1. The van der Waals surface area contributed by atoms with Gasteiger partial charge in [-0.25, -0.2) is 4.98 Å². The van der Waals surface area contributed by atoms with Gasteiger partial charge in [-0.2, -0.15) is 9.50 Å². The molecule has 2 rings (SSSR count). The van der Waals surface area contributed by atoms with E-state index in [1.165, 1.54) is 22.3 Å². The molecule has 0 atom stereocenters. The van der Waals surface area contributed by atoms with E-state index in [0.29, 0.717) is 17.5 Å². The Bertz CT molecular complexity index is 634. The van der Waals surface area contributed by atoms with Crippen molar-refractivity contribution < 1.29 is 9.53 Å². The van der Waals surface area contributed by atoms with E-state index in [4.69, 9.17) is 4.74 Å². The van der Waals surface area contributed by atoms with Gasteiger partial charge in [-0.15, -0.1) is 0 Å². The molecular formula is C10H12N4O3S. The van der Waals surface area contributed by atoms with E-state index in [9.17, 15) is 9.59 Å². The Hall–Kier alpha value is -1.83. The zero-order valence-electron chi connectivity index (χ0n) is 9.97. The zero-order chi connectivity index (χ0) is 13.1. The van der Waals surface area contributed by atoms with E-state index >= 15 is 0 Å².